The van der Waals surface area contributed by atoms with Gasteiger partial charge in [-0.2, -0.15) is 0 Å². The third kappa shape index (κ3) is 4.10. The summed E-state index contributed by atoms with van der Waals surface area (Å²) in [6, 6.07) is 9.38. The molecule has 3 aromatic heterocycles. The van der Waals surface area contributed by atoms with Crippen molar-refractivity contribution in [3.8, 4) is 11.1 Å². The fourth-order valence-electron chi connectivity index (χ4n) is 4.15. The van der Waals surface area contributed by atoms with E-state index in [1.807, 2.05) is 41.7 Å². The Balaban J connectivity index is 1.22. The van der Waals surface area contributed by atoms with Gasteiger partial charge in [-0.05, 0) is 55.9 Å². The molecule has 0 spiro atoms. The summed E-state index contributed by atoms with van der Waals surface area (Å²) in [4.78, 5) is 37.8. The average Bonchev–Trinajstić information content (AvgIpc) is 3.36. The summed E-state index contributed by atoms with van der Waals surface area (Å²) < 4.78 is 1.53. The van der Waals surface area contributed by atoms with E-state index in [-0.39, 0.29) is 11.6 Å². The number of thiazole rings is 1. The second-order valence-electron chi connectivity index (χ2n) is 8.21. The first-order valence-corrected chi connectivity index (χ1v) is 11.8. The fraction of sp³-hybridized carbons (Fsp3) is 0.333. The number of hydrogen-bond acceptors (Lipinski definition) is 5. The van der Waals surface area contributed by atoms with Crippen molar-refractivity contribution in [2.24, 2.45) is 7.05 Å². The number of aromatic amines is 1. The molecule has 0 unspecified atom stereocenters. The first-order chi connectivity index (χ1) is 15.6. The van der Waals surface area contributed by atoms with E-state index >= 15 is 0 Å². The molecule has 164 valence electrons. The van der Waals surface area contributed by atoms with Crippen LogP contribution in [0, 0.1) is 0 Å². The minimum atomic E-state index is -0.198. The van der Waals surface area contributed by atoms with Gasteiger partial charge in [-0.3, -0.25) is 14.3 Å². The molecule has 0 fully saturated rings. The number of carbonyl (C=O) groups excluding carboxylic acids is 1. The van der Waals surface area contributed by atoms with Crippen LogP contribution in [-0.2, 0) is 26.3 Å². The molecule has 0 saturated carbocycles. The zero-order valence-electron chi connectivity index (χ0n) is 18.0. The maximum Gasteiger partial charge on any atom is 0.327 e. The summed E-state index contributed by atoms with van der Waals surface area (Å²) in [7, 11) is 1.71. The number of aromatic nitrogens is 4. The predicted octanol–water partition coefficient (Wildman–Crippen LogP) is 3.63. The van der Waals surface area contributed by atoms with Crippen LogP contribution in [0.2, 0.25) is 0 Å². The van der Waals surface area contributed by atoms with E-state index in [4.69, 9.17) is 4.98 Å². The summed E-state index contributed by atoms with van der Waals surface area (Å²) in [5.74, 6) is -0.0895. The highest BCUT2D eigenvalue weighted by molar-refractivity contribution is 7.11. The normalized spacial score (nSPS) is 13.3. The number of imidazole rings is 1. The van der Waals surface area contributed by atoms with E-state index in [2.05, 4.69) is 15.3 Å². The number of pyridine rings is 1. The number of benzene rings is 1. The van der Waals surface area contributed by atoms with E-state index in [0.717, 1.165) is 35.9 Å². The molecule has 1 amide bonds. The van der Waals surface area contributed by atoms with Crippen LogP contribution >= 0.6 is 11.3 Å². The summed E-state index contributed by atoms with van der Waals surface area (Å²) in [6.07, 6.45) is 8.29. The number of amides is 1. The van der Waals surface area contributed by atoms with Crippen molar-refractivity contribution in [2.45, 2.75) is 38.5 Å². The smallest absolute Gasteiger partial charge is 0.327 e. The van der Waals surface area contributed by atoms with Crippen LogP contribution in [0.25, 0.3) is 22.3 Å². The number of nitrogens with zero attached hydrogens (tertiary/aromatic N) is 3. The summed E-state index contributed by atoms with van der Waals surface area (Å²) in [5.41, 5.74) is 4.72. The van der Waals surface area contributed by atoms with Crippen molar-refractivity contribution in [1.82, 2.24) is 24.8 Å². The Labute approximate surface area is 189 Å². The Morgan fingerprint density at radius 2 is 2.09 bits per heavy atom. The monoisotopic (exact) mass is 447 g/mol. The van der Waals surface area contributed by atoms with Crippen LogP contribution in [0.3, 0.4) is 0 Å². The van der Waals surface area contributed by atoms with Gasteiger partial charge in [-0.1, -0.05) is 12.1 Å². The van der Waals surface area contributed by atoms with Crippen LogP contribution in [0.5, 0.6) is 0 Å². The fourth-order valence-corrected chi connectivity index (χ4v) is 5.35. The number of fused-ring (bicyclic) bond motifs is 2. The highest BCUT2D eigenvalue weighted by atomic mass is 32.1. The molecule has 5 rings (SSSR count). The Kier molecular flexibility index (Phi) is 5.61. The molecule has 3 heterocycles. The lowest BCUT2D eigenvalue weighted by molar-refractivity contribution is 0.0953. The van der Waals surface area contributed by atoms with Gasteiger partial charge in [0.1, 0.15) is 0 Å². The molecule has 32 heavy (non-hydrogen) atoms. The third-order valence-corrected chi connectivity index (χ3v) is 7.18. The zero-order valence-corrected chi connectivity index (χ0v) is 18.8. The largest absolute Gasteiger partial charge is 0.352 e. The molecule has 1 aliphatic carbocycles. The Morgan fingerprint density at radius 3 is 2.97 bits per heavy atom. The van der Waals surface area contributed by atoms with Crippen LogP contribution < -0.4 is 11.0 Å². The molecule has 4 aromatic rings. The van der Waals surface area contributed by atoms with Crippen LogP contribution in [0.4, 0.5) is 0 Å². The van der Waals surface area contributed by atoms with Crippen molar-refractivity contribution in [3.63, 3.8) is 0 Å². The van der Waals surface area contributed by atoms with Gasteiger partial charge in [0.2, 0.25) is 0 Å². The van der Waals surface area contributed by atoms with E-state index in [1.165, 1.54) is 39.4 Å². The summed E-state index contributed by atoms with van der Waals surface area (Å²) in [6.45, 7) is 0.617. The Bertz CT molecular complexity index is 1330. The third-order valence-electron chi connectivity index (χ3n) is 5.96. The topological polar surface area (TPSA) is 92.7 Å². The summed E-state index contributed by atoms with van der Waals surface area (Å²) in [5, 5.41) is 4.21. The number of carbonyl (C=O) groups is 1. The molecule has 2 N–H and O–H groups in total. The van der Waals surface area contributed by atoms with Gasteiger partial charge in [0, 0.05) is 42.2 Å². The molecule has 1 aromatic carbocycles. The molecule has 7 nitrogen and oxygen atoms in total. The SMILES string of the molecule is Cn1c(=O)[nH]c2ncc(-c3cccc(C(=O)NCCCc4nc5c(s4)CCCC5)c3)cc21. The first-order valence-electron chi connectivity index (χ1n) is 11.0. The summed E-state index contributed by atoms with van der Waals surface area (Å²) >= 11 is 1.84. The molecule has 0 bridgehead atoms. The number of nitrogens with one attached hydrogen (secondary N) is 2. The number of aryl methyl sites for hydroxylation is 4. The number of rotatable bonds is 6. The highest BCUT2D eigenvalue weighted by Gasteiger charge is 2.15. The van der Waals surface area contributed by atoms with Crippen LogP contribution in [0.1, 0.15) is 45.2 Å². The van der Waals surface area contributed by atoms with Gasteiger partial charge >= 0.3 is 5.69 Å². The van der Waals surface area contributed by atoms with Gasteiger partial charge in [0.25, 0.3) is 5.91 Å². The average molecular weight is 448 g/mol. The maximum absolute atomic E-state index is 12.7. The molecular formula is C24H25N5O2S. The molecule has 0 aliphatic heterocycles. The van der Waals surface area contributed by atoms with Gasteiger partial charge in [0.15, 0.2) is 5.65 Å². The second kappa shape index (κ2) is 8.70. The van der Waals surface area contributed by atoms with E-state index in [9.17, 15) is 9.59 Å². The van der Waals surface area contributed by atoms with E-state index in [0.29, 0.717) is 17.8 Å². The molecule has 1 aliphatic rings. The Morgan fingerprint density at radius 1 is 1.22 bits per heavy atom. The molecular weight excluding hydrogens is 422 g/mol. The van der Waals surface area contributed by atoms with Crippen molar-refractivity contribution in [2.75, 3.05) is 6.54 Å². The minimum absolute atomic E-state index is 0.0895. The molecule has 0 saturated heterocycles. The first kappa shape index (κ1) is 20.6. The van der Waals surface area contributed by atoms with Gasteiger partial charge in [-0.15, -0.1) is 11.3 Å². The molecule has 0 atom stereocenters. The van der Waals surface area contributed by atoms with Crippen molar-refractivity contribution in [1.29, 1.82) is 0 Å². The molecule has 0 radical (unpaired) electrons. The van der Waals surface area contributed by atoms with E-state index in [1.54, 1.807) is 13.2 Å². The number of H-pyrrole nitrogens is 1. The lowest BCUT2D eigenvalue weighted by atomic mass is 10.0. The van der Waals surface area contributed by atoms with Gasteiger partial charge < -0.3 is 5.32 Å². The Hall–Kier alpha value is -3.26. The van der Waals surface area contributed by atoms with Gasteiger partial charge in [-0.25, -0.2) is 14.8 Å². The molecule has 8 heteroatoms. The van der Waals surface area contributed by atoms with Crippen molar-refractivity contribution in [3.05, 3.63) is 68.2 Å². The van der Waals surface area contributed by atoms with Gasteiger partial charge in [0.05, 0.1) is 16.2 Å². The minimum Gasteiger partial charge on any atom is -0.352 e. The quantitative estimate of drug-likeness (QED) is 0.442. The van der Waals surface area contributed by atoms with Crippen molar-refractivity contribution < 1.29 is 4.79 Å². The van der Waals surface area contributed by atoms with Crippen LogP contribution in [-0.4, -0.2) is 32.0 Å². The van der Waals surface area contributed by atoms with E-state index < -0.39 is 0 Å². The maximum atomic E-state index is 12.7. The lowest BCUT2D eigenvalue weighted by Gasteiger charge is -2.07. The second-order valence-corrected chi connectivity index (χ2v) is 9.37. The lowest BCUT2D eigenvalue weighted by Crippen LogP contribution is -2.24. The zero-order chi connectivity index (χ0) is 22.1. The van der Waals surface area contributed by atoms with Crippen molar-refractivity contribution >= 4 is 28.4 Å². The van der Waals surface area contributed by atoms with Crippen LogP contribution in [0.15, 0.2) is 41.3 Å². The highest BCUT2D eigenvalue weighted by Crippen LogP contribution is 2.27. The standard InChI is InChI=1S/C24H25N5O2S/c1-29-19-13-17(14-26-22(19)28-24(29)31)15-6-4-7-16(12-15)23(30)25-11-5-10-21-27-18-8-2-3-9-20(18)32-21/h4,6-7,12-14H,2-3,5,8-11H2,1H3,(H,25,30)(H,26,28,31). The predicted molar refractivity (Wildman–Crippen MR) is 126 cm³/mol. The number of hydrogen-bond donors (Lipinski definition) is 2.